The van der Waals surface area contributed by atoms with Crippen molar-refractivity contribution < 1.29 is 9.47 Å². The Morgan fingerprint density at radius 1 is 1.21 bits per heavy atom. The lowest BCUT2D eigenvalue weighted by Crippen LogP contribution is -2.31. The van der Waals surface area contributed by atoms with Gasteiger partial charge in [-0.05, 0) is 25.1 Å². The number of rotatable bonds is 3. The molecule has 140 valence electrons. The van der Waals surface area contributed by atoms with Crippen molar-refractivity contribution >= 4 is 10.9 Å². The highest BCUT2D eigenvalue weighted by Crippen LogP contribution is 2.45. The molecule has 0 spiro atoms. The molecule has 1 aliphatic rings. The van der Waals surface area contributed by atoms with Crippen LogP contribution in [0.3, 0.4) is 0 Å². The molecule has 1 unspecified atom stereocenters. The fourth-order valence-electron chi connectivity index (χ4n) is 3.74. The third kappa shape index (κ3) is 2.52. The molecule has 0 fully saturated rings. The van der Waals surface area contributed by atoms with Gasteiger partial charge < -0.3 is 19.8 Å². The van der Waals surface area contributed by atoms with Gasteiger partial charge in [-0.3, -0.25) is 4.79 Å². The molecule has 2 heterocycles. The second-order valence-electron chi connectivity index (χ2n) is 6.52. The molecule has 2 N–H and O–H groups in total. The van der Waals surface area contributed by atoms with E-state index in [0.717, 1.165) is 10.9 Å². The van der Waals surface area contributed by atoms with Crippen molar-refractivity contribution in [3.8, 4) is 17.6 Å². The molecule has 4 rings (SSSR count). The maximum atomic E-state index is 13.3. The minimum absolute atomic E-state index is 0.00436. The summed E-state index contributed by atoms with van der Waals surface area (Å²) in [5, 5.41) is 10.6. The van der Waals surface area contributed by atoms with Gasteiger partial charge in [-0.15, -0.1) is 0 Å². The number of para-hydroxylation sites is 2. The molecule has 0 saturated carbocycles. The number of ether oxygens (including phenoxy) is 2. The normalized spacial score (nSPS) is 15.7. The number of nitrogens with zero attached hydrogens (tertiary/aromatic N) is 2. The van der Waals surface area contributed by atoms with Crippen LogP contribution >= 0.6 is 0 Å². The first-order chi connectivity index (χ1) is 13.6. The lowest BCUT2D eigenvalue weighted by Gasteiger charge is -2.28. The number of hydrogen-bond donors (Lipinski definition) is 1. The number of fused-ring (bicyclic) bond motifs is 3. The van der Waals surface area contributed by atoms with Crippen molar-refractivity contribution in [1.82, 2.24) is 4.57 Å². The van der Waals surface area contributed by atoms with E-state index in [9.17, 15) is 10.1 Å². The Balaban J connectivity index is 2.12. The van der Waals surface area contributed by atoms with Gasteiger partial charge in [0.1, 0.15) is 23.1 Å². The minimum Gasteiger partial charge on any atom is -0.494 e. The summed E-state index contributed by atoms with van der Waals surface area (Å²) in [6, 6.07) is 17.0. The first-order valence-corrected chi connectivity index (χ1v) is 8.99. The van der Waals surface area contributed by atoms with Crippen LogP contribution in [0.1, 0.15) is 24.0 Å². The summed E-state index contributed by atoms with van der Waals surface area (Å²) in [4.78, 5) is 13.3. The number of benzene rings is 2. The van der Waals surface area contributed by atoms with Crippen molar-refractivity contribution in [3.63, 3.8) is 0 Å². The third-order valence-electron chi connectivity index (χ3n) is 4.99. The number of nitriles is 1. The van der Waals surface area contributed by atoms with E-state index in [1.807, 2.05) is 55.5 Å². The standard InChI is InChI=1S/C22H19N3O3/c1-3-27-17-11-7-5-9-14(17)18-15(12-23)21(24)28-20-13-8-4-6-10-16(13)25(2)22(26)19(18)20/h4-11,18H,3,24H2,1-2H3. The number of aryl methyl sites for hydroxylation is 1. The fraction of sp³-hybridized carbons (Fsp3) is 0.182. The Hall–Kier alpha value is -3.72. The number of nitrogens with two attached hydrogens (primary N) is 1. The van der Waals surface area contributed by atoms with Gasteiger partial charge in [0.15, 0.2) is 0 Å². The molecule has 0 bridgehead atoms. The van der Waals surface area contributed by atoms with E-state index < -0.39 is 5.92 Å². The summed E-state index contributed by atoms with van der Waals surface area (Å²) in [5.41, 5.74) is 7.92. The average Bonchev–Trinajstić information content (AvgIpc) is 2.72. The molecule has 3 aromatic rings. The second kappa shape index (κ2) is 6.78. The van der Waals surface area contributed by atoms with E-state index in [-0.39, 0.29) is 17.0 Å². The van der Waals surface area contributed by atoms with Crippen molar-refractivity contribution in [2.24, 2.45) is 12.8 Å². The van der Waals surface area contributed by atoms with Gasteiger partial charge in [0.25, 0.3) is 5.56 Å². The van der Waals surface area contributed by atoms with E-state index in [1.165, 1.54) is 0 Å². The molecule has 28 heavy (non-hydrogen) atoms. The van der Waals surface area contributed by atoms with Crippen LogP contribution < -0.4 is 20.8 Å². The molecule has 6 nitrogen and oxygen atoms in total. The lowest BCUT2D eigenvalue weighted by molar-refractivity contribution is 0.334. The number of pyridine rings is 1. The van der Waals surface area contributed by atoms with Gasteiger partial charge in [-0.2, -0.15) is 5.26 Å². The smallest absolute Gasteiger partial charge is 0.258 e. The molecular weight excluding hydrogens is 354 g/mol. The van der Waals surface area contributed by atoms with E-state index in [2.05, 4.69) is 6.07 Å². The summed E-state index contributed by atoms with van der Waals surface area (Å²) < 4.78 is 13.2. The second-order valence-corrected chi connectivity index (χ2v) is 6.52. The molecular formula is C22H19N3O3. The Labute approximate surface area is 162 Å². The van der Waals surface area contributed by atoms with Crippen LogP contribution in [0, 0.1) is 11.3 Å². The van der Waals surface area contributed by atoms with Gasteiger partial charge in [-0.1, -0.05) is 30.3 Å². The Morgan fingerprint density at radius 3 is 2.68 bits per heavy atom. The summed E-state index contributed by atoms with van der Waals surface area (Å²) in [6.07, 6.45) is 0. The van der Waals surface area contributed by atoms with Gasteiger partial charge in [0.05, 0.1) is 23.6 Å². The Morgan fingerprint density at radius 2 is 1.93 bits per heavy atom. The van der Waals surface area contributed by atoms with Crippen LogP contribution in [0.25, 0.3) is 10.9 Å². The van der Waals surface area contributed by atoms with Gasteiger partial charge in [0.2, 0.25) is 5.88 Å². The number of hydrogen-bond acceptors (Lipinski definition) is 5. The quantitative estimate of drug-likeness (QED) is 0.762. The summed E-state index contributed by atoms with van der Waals surface area (Å²) in [7, 11) is 1.71. The molecule has 0 amide bonds. The van der Waals surface area contributed by atoms with Crippen LogP contribution in [0.5, 0.6) is 11.5 Å². The number of aromatic nitrogens is 1. The molecule has 0 saturated heterocycles. The highest BCUT2D eigenvalue weighted by molar-refractivity contribution is 5.88. The monoisotopic (exact) mass is 373 g/mol. The molecule has 6 heteroatoms. The molecule has 0 radical (unpaired) electrons. The van der Waals surface area contributed by atoms with Crippen LogP contribution in [0.15, 0.2) is 64.8 Å². The highest BCUT2D eigenvalue weighted by atomic mass is 16.5. The number of allylic oxidation sites excluding steroid dienone is 1. The van der Waals surface area contributed by atoms with Crippen LogP contribution in [-0.2, 0) is 7.05 Å². The third-order valence-corrected chi connectivity index (χ3v) is 4.99. The topological polar surface area (TPSA) is 90.3 Å². The van der Waals surface area contributed by atoms with Crippen molar-refractivity contribution in [2.45, 2.75) is 12.8 Å². The SMILES string of the molecule is CCOc1ccccc1C1C(C#N)=C(N)Oc2c1c(=O)n(C)c1ccccc21. The summed E-state index contributed by atoms with van der Waals surface area (Å²) in [6.45, 7) is 2.35. The minimum atomic E-state index is -0.667. The predicted molar refractivity (Wildman–Crippen MR) is 106 cm³/mol. The zero-order chi connectivity index (χ0) is 19.8. The predicted octanol–water partition coefficient (Wildman–Crippen LogP) is 3.16. The first-order valence-electron chi connectivity index (χ1n) is 8.99. The lowest BCUT2D eigenvalue weighted by atomic mass is 9.83. The summed E-state index contributed by atoms with van der Waals surface area (Å²) >= 11 is 0. The maximum Gasteiger partial charge on any atom is 0.258 e. The molecule has 0 aliphatic carbocycles. The molecule has 1 atom stereocenters. The largest absolute Gasteiger partial charge is 0.494 e. The van der Waals surface area contributed by atoms with Gasteiger partial charge >= 0.3 is 0 Å². The van der Waals surface area contributed by atoms with E-state index in [4.69, 9.17) is 15.2 Å². The van der Waals surface area contributed by atoms with Gasteiger partial charge in [-0.25, -0.2) is 0 Å². The first kappa shape index (κ1) is 17.7. The van der Waals surface area contributed by atoms with Gasteiger partial charge in [0, 0.05) is 18.0 Å². The zero-order valence-electron chi connectivity index (χ0n) is 15.6. The van der Waals surface area contributed by atoms with E-state index in [0.29, 0.717) is 29.2 Å². The molecule has 1 aliphatic heterocycles. The fourth-order valence-corrected chi connectivity index (χ4v) is 3.74. The molecule has 2 aromatic carbocycles. The van der Waals surface area contributed by atoms with E-state index >= 15 is 0 Å². The van der Waals surface area contributed by atoms with E-state index in [1.54, 1.807) is 11.6 Å². The van der Waals surface area contributed by atoms with Crippen molar-refractivity contribution in [1.29, 1.82) is 5.26 Å². The van der Waals surface area contributed by atoms with Crippen LogP contribution in [0.4, 0.5) is 0 Å². The van der Waals surface area contributed by atoms with Crippen LogP contribution in [0.2, 0.25) is 0 Å². The highest BCUT2D eigenvalue weighted by Gasteiger charge is 2.36. The van der Waals surface area contributed by atoms with Crippen molar-refractivity contribution in [3.05, 3.63) is 81.5 Å². The van der Waals surface area contributed by atoms with Crippen LogP contribution in [-0.4, -0.2) is 11.2 Å². The summed E-state index contributed by atoms with van der Waals surface area (Å²) in [5.74, 6) is 0.342. The molecule has 1 aromatic heterocycles. The maximum absolute atomic E-state index is 13.3. The average molecular weight is 373 g/mol. The zero-order valence-corrected chi connectivity index (χ0v) is 15.6. The Bertz CT molecular complexity index is 1220. The Kier molecular flexibility index (Phi) is 4.28. The van der Waals surface area contributed by atoms with Crippen molar-refractivity contribution in [2.75, 3.05) is 6.61 Å².